The largest absolute Gasteiger partial charge is 0.337 e. The Balaban J connectivity index is 1.59. The number of hydrogen-bond acceptors (Lipinski definition) is 3. The summed E-state index contributed by atoms with van der Waals surface area (Å²) in [5, 5.41) is 0.894. The Labute approximate surface area is 160 Å². The van der Waals surface area contributed by atoms with E-state index in [-0.39, 0.29) is 17.0 Å². The lowest BCUT2D eigenvalue weighted by molar-refractivity contribution is 0.0703. The van der Waals surface area contributed by atoms with Gasteiger partial charge in [-0.25, -0.2) is 0 Å². The van der Waals surface area contributed by atoms with Crippen LogP contribution in [0.2, 0.25) is 0 Å². The molecule has 1 aliphatic carbocycles. The smallest absolute Gasteiger partial charge is 0.261 e. The Morgan fingerprint density at radius 1 is 1.22 bits per heavy atom. The van der Waals surface area contributed by atoms with Crippen LogP contribution in [0.4, 0.5) is 0 Å². The fourth-order valence-corrected chi connectivity index (χ4v) is 4.22. The average molecular weight is 367 g/mol. The second-order valence-corrected chi connectivity index (χ2v) is 8.45. The highest BCUT2D eigenvalue weighted by Gasteiger charge is 2.34. The first-order valence-electron chi connectivity index (χ1n) is 10.2. The third-order valence-electron chi connectivity index (χ3n) is 5.98. The maximum atomic E-state index is 13.2. The van der Waals surface area contributed by atoms with Crippen molar-refractivity contribution in [2.75, 3.05) is 26.2 Å². The molecule has 1 saturated carbocycles. The molecule has 2 aromatic rings. The van der Waals surface area contributed by atoms with Gasteiger partial charge in [-0.2, -0.15) is 0 Å². The van der Waals surface area contributed by atoms with Crippen LogP contribution in [-0.4, -0.2) is 52.9 Å². The molecule has 144 valence electrons. The van der Waals surface area contributed by atoms with Crippen LogP contribution in [0.3, 0.4) is 0 Å². The van der Waals surface area contributed by atoms with Crippen LogP contribution in [0.1, 0.15) is 43.5 Å². The molecular formula is C22H29N3O2. The Bertz CT molecular complexity index is 885. The van der Waals surface area contributed by atoms with Crippen molar-refractivity contribution < 1.29 is 4.79 Å². The van der Waals surface area contributed by atoms with E-state index in [0.717, 1.165) is 42.9 Å². The Morgan fingerprint density at radius 3 is 2.74 bits per heavy atom. The molecule has 0 bridgehead atoms. The van der Waals surface area contributed by atoms with Gasteiger partial charge >= 0.3 is 0 Å². The number of nitrogens with one attached hydrogen (secondary N) is 1. The molecule has 27 heavy (non-hydrogen) atoms. The highest BCUT2D eigenvalue weighted by atomic mass is 16.2. The van der Waals surface area contributed by atoms with E-state index < -0.39 is 0 Å². The van der Waals surface area contributed by atoms with Crippen LogP contribution in [0.15, 0.2) is 35.1 Å². The SMILES string of the molecule is CC(C)[C@H]1CN(C(=O)c2cc3ccccc3[nH]c2=O)CCCN1CC1CC1. The fourth-order valence-electron chi connectivity index (χ4n) is 4.22. The molecule has 1 saturated heterocycles. The number of pyridine rings is 1. The Kier molecular flexibility index (Phi) is 5.04. The van der Waals surface area contributed by atoms with E-state index in [4.69, 9.17) is 0 Å². The van der Waals surface area contributed by atoms with E-state index in [9.17, 15) is 9.59 Å². The first kappa shape index (κ1) is 18.2. The minimum absolute atomic E-state index is 0.138. The zero-order valence-corrected chi connectivity index (χ0v) is 16.3. The third-order valence-corrected chi connectivity index (χ3v) is 5.98. The number of carbonyl (C=O) groups is 1. The first-order chi connectivity index (χ1) is 13.0. The topological polar surface area (TPSA) is 56.4 Å². The minimum atomic E-state index is -0.293. The molecule has 1 atom stereocenters. The van der Waals surface area contributed by atoms with Crippen LogP contribution >= 0.6 is 0 Å². The number of rotatable bonds is 4. The second kappa shape index (κ2) is 7.47. The fraction of sp³-hybridized carbons (Fsp3) is 0.545. The summed E-state index contributed by atoms with van der Waals surface area (Å²) in [6.07, 6.45) is 3.65. The van der Waals surface area contributed by atoms with E-state index in [1.165, 1.54) is 12.8 Å². The summed E-state index contributed by atoms with van der Waals surface area (Å²) in [5.74, 6) is 1.18. The monoisotopic (exact) mass is 367 g/mol. The van der Waals surface area contributed by atoms with Gasteiger partial charge in [0.15, 0.2) is 0 Å². The van der Waals surface area contributed by atoms with Crippen molar-refractivity contribution in [3.05, 3.63) is 46.2 Å². The summed E-state index contributed by atoms with van der Waals surface area (Å²) in [6, 6.07) is 9.70. The summed E-state index contributed by atoms with van der Waals surface area (Å²) in [6.45, 7) is 8.09. The number of benzene rings is 1. The molecule has 1 aliphatic heterocycles. The standard InChI is InChI=1S/C22H29N3O2/c1-15(2)20-14-25(11-5-10-24(20)13-16-8-9-16)22(27)18-12-17-6-3-4-7-19(17)23-21(18)26/h3-4,6-7,12,15-16,20H,5,8-11,13-14H2,1-2H3,(H,23,26)/t20-/m1/s1. The van der Waals surface area contributed by atoms with Gasteiger partial charge in [0.1, 0.15) is 5.56 Å². The highest BCUT2D eigenvalue weighted by Crippen LogP contribution is 2.32. The number of para-hydroxylation sites is 1. The number of aromatic amines is 1. The summed E-state index contributed by atoms with van der Waals surface area (Å²) in [7, 11) is 0. The van der Waals surface area contributed by atoms with Gasteiger partial charge in [-0.05, 0) is 48.6 Å². The molecule has 1 N–H and O–H groups in total. The lowest BCUT2D eigenvalue weighted by atomic mass is 10.0. The maximum absolute atomic E-state index is 13.2. The van der Waals surface area contributed by atoms with Gasteiger partial charge in [-0.1, -0.05) is 32.0 Å². The summed E-state index contributed by atoms with van der Waals surface area (Å²) < 4.78 is 0. The molecule has 2 heterocycles. The molecule has 2 fully saturated rings. The van der Waals surface area contributed by atoms with Gasteiger partial charge in [0.2, 0.25) is 0 Å². The first-order valence-corrected chi connectivity index (χ1v) is 10.2. The molecule has 5 heteroatoms. The van der Waals surface area contributed by atoms with Gasteiger partial charge in [-0.3, -0.25) is 14.5 Å². The van der Waals surface area contributed by atoms with Crippen molar-refractivity contribution in [2.45, 2.75) is 39.2 Å². The van der Waals surface area contributed by atoms with Crippen molar-refractivity contribution >= 4 is 16.8 Å². The average Bonchev–Trinajstić information content (AvgIpc) is 3.48. The van der Waals surface area contributed by atoms with E-state index in [2.05, 4.69) is 23.7 Å². The number of fused-ring (bicyclic) bond motifs is 1. The number of carbonyl (C=O) groups excluding carboxylic acids is 1. The molecule has 1 aromatic heterocycles. The van der Waals surface area contributed by atoms with Crippen molar-refractivity contribution in [2.24, 2.45) is 11.8 Å². The van der Waals surface area contributed by atoms with E-state index in [0.29, 0.717) is 18.5 Å². The molecule has 1 amide bonds. The van der Waals surface area contributed by atoms with E-state index in [1.54, 1.807) is 6.07 Å². The number of nitrogens with zero attached hydrogens (tertiary/aromatic N) is 2. The van der Waals surface area contributed by atoms with Crippen LogP contribution in [-0.2, 0) is 0 Å². The van der Waals surface area contributed by atoms with Crippen LogP contribution in [0, 0.1) is 11.8 Å². The molecule has 4 rings (SSSR count). The zero-order valence-electron chi connectivity index (χ0n) is 16.3. The van der Waals surface area contributed by atoms with E-state index in [1.807, 2.05) is 29.2 Å². The number of amides is 1. The van der Waals surface area contributed by atoms with Crippen LogP contribution < -0.4 is 5.56 Å². The van der Waals surface area contributed by atoms with Crippen LogP contribution in [0.25, 0.3) is 10.9 Å². The lowest BCUT2D eigenvalue weighted by Crippen LogP contribution is -2.47. The summed E-state index contributed by atoms with van der Waals surface area (Å²) in [5.41, 5.74) is 0.733. The quantitative estimate of drug-likeness (QED) is 0.903. The molecule has 5 nitrogen and oxygen atoms in total. The number of aromatic nitrogens is 1. The molecule has 0 radical (unpaired) electrons. The molecule has 0 spiro atoms. The van der Waals surface area contributed by atoms with Crippen molar-refractivity contribution in [3.63, 3.8) is 0 Å². The number of hydrogen-bond donors (Lipinski definition) is 1. The zero-order chi connectivity index (χ0) is 19.0. The Hall–Kier alpha value is -2.14. The van der Waals surface area contributed by atoms with Gasteiger partial charge in [0, 0.05) is 37.7 Å². The van der Waals surface area contributed by atoms with Gasteiger partial charge < -0.3 is 9.88 Å². The summed E-state index contributed by atoms with van der Waals surface area (Å²) in [4.78, 5) is 33.1. The highest BCUT2D eigenvalue weighted by molar-refractivity contribution is 5.97. The van der Waals surface area contributed by atoms with Gasteiger partial charge in [0.05, 0.1) is 0 Å². The second-order valence-electron chi connectivity index (χ2n) is 8.45. The molecule has 0 unspecified atom stereocenters. The minimum Gasteiger partial charge on any atom is -0.337 e. The predicted octanol–water partition coefficient (Wildman–Crippen LogP) is 3.11. The molecular weight excluding hydrogens is 338 g/mol. The van der Waals surface area contributed by atoms with Crippen LogP contribution in [0.5, 0.6) is 0 Å². The molecule has 1 aromatic carbocycles. The summed E-state index contributed by atoms with van der Waals surface area (Å²) >= 11 is 0. The van der Waals surface area contributed by atoms with Crippen molar-refractivity contribution in [3.8, 4) is 0 Å². The third kappa shape index (κ3) is 3.93. The normalized spacial score (nSPS) is 21.6. The number of H-pyrrole nitrogens is 1. The van der Waals surface area contributed by atoms with Crippen molar-refractivity contribution in [1.82, 2.24) is 14.8 Å². The lowest BCUT2D eigenvalue weighted by Gasteiger charge is -2.34. The van der Waals surface area contributed by atoms with Gasteiger partial charge in [0.25, 0.3) is 11.5 Å². The predicted molar refractivity (Wildman–Crippen MR) is 108 cm³/mol. The van der Waals surface area contributed by atoms with E-state index >= 15 is 0 Å². The Morgan fingerprint density at radius 2 is 2.00 bits per heavy atom. The molecule has 2 aliphatic rings. The van der Waals surface area contributed by atoms with Gasteiger partial charge in [-0.15, -0.1) is 0 Å². The van der Waals surface area contributed by atoms with Crippen molar-refractivity contribution in [1.29, 1.82) is 0 Å². The maximum Gasteiger partial charge on any atom is 0.261 e.